The average Bonchev–Trinajstić information content (AvgIpc) is 2.11. The van der Waals surface area contributed by atoms with Crippen LogP contribution < -0.4 is 0 Å². The molecule has 0 aromatic carbocycles. The Kier molecular flexibility index (Phi) is 1.48. The molecule has 1 saturated carbocycles. The summed E-state index contributed by atoms with van der Waals surface area (Å²) in [4.78, 5) is 0. The summed E-state index contributed by atoms with van der Waals surface area (Å²) >= 11 is 0. The van der Waals surface area contributed by atoms with Crippen molar-refractivity contribution in [3.8, 4) is 0 Å². The van der Waals surface area contributed by atoms with Crippen molar-refractivity contribution in [2.75, 3.05) is 6.61 Å². The molecule has 0 radical (unpaired) electrons. The molecular formula is C9H16O. The van der Waals surface area contributed by atoms with E-state index < -0.39 is 0 Å². The lowest BCUT2D eigenvalue weighted by Crippen LogP contribution is -2.40. The van der Waals surface area contributed by atoms with Crippen LogP contribution in [-0.2, 0) is 4.74 Å². The normalized spacial score (nSPS) is 45.3. The predicted octanol–water partition coefficient (Wildman–Crippen LogP) is 2.07. The maximum atomic E-state index is 5.53. The summed E-state index contributed by atoms with van der Waals surface area (Å²) < 4.78 is 5.53. The molecular weight excluding hydrogens is 124 g/mol. The molecule has 1 saturated heterocycles. The molecule has 0 unspecified atom stereocenters. The highest BCUT2D eigenvalue weighted by atomic mass is 16.5. The molecule has 0 aromatic rings. The third-order valence-electron chi connectivity index (χ3n) is 3.17. The Balaban J connectivity index is 1.94. The van der Waals surface area contributed by atoms with Gasteiger partial charge in [0, 0.05) is 6.61 Å². The van der Waals surface area contributed by atoms with Gasteiger partial charge in [-0.05, 0) is 30.6 Å². The minimum atomic E-state index is 0.660. The fourth-order valence-corrected chi connectivity index (χ4v) is 2.41. The zero-order chi connectivity index (χ0) is 7.14. The van der Waals surface area contributed by atoms with Gasteiger partial charge >= 0.3 is 0 Å². The molecule has 0 bridgehead atoms. The molecule has 0 spiro atoms. The van der Waals surface area contributed by atoms with E-state index >= 15 is 0 Å². The summed E-state index contributed by atoms with van der Waals surface area (Å²) in [6, 6.07) is 0. The Morgan fingerprint density at radius 3 is 2.80 bits per heavy atom. The van der Waals surface area contributed by atoms with Crippen molar-refractivity contribution >= 4 is 0 Å². The van der Waals surface area contributed by atoms with Crippen LogP contribution in [0.1, 0.15) is 26.7 Å². The van der Waals surface area contributed by atoms with Crippen molar-refractivity contribution < 1.29 is 4.74 Å². The van der Waals surface area contributed by atoms with Crippen LogP contribution in [0.3, 0.4) is 0 Å². The van der Waals surface area contributed by atoms with E-state index in [1.54, 1.807) is 0 Å². The van der Waals surface area contributed by atoms with Gasteiger partial charge in [-0.15, -0.1) is 0 Å². The molecule has 1 heterocycles. The van der Waals surface area contributed by atoms with Gasteiger partial charge in [-0.3, -0.25) is 0 Å². The molecule has 1 nitrogen and oxygen atoms in total. The van der Waals surface area contributed by atoms with Crippen molar-refractivity contribution in [1.29, 1.82) is 0 Å². The number of hydrogen-bond acceptors (Lipinski definition) is 1. The highest BCUT2D eigenvalue weighted by Gasteiger charge is 2.45. The quantitative estimate of drug-likeness (QED) is 0.541. The zero-order valence-corrected chi connectivity index (χ0v) is 6.84. The minimum Gasteiger partial charge on any atom is -0.378 e. The molecule has 2 rings (SSSR count). The van der Waals surface area contributed by atoms with Gasteiger partial charge in [-0.1, -0.05) is 13.8 Å². The third-order valence-corrected chi connectivity index (χ3v) is 3.17. The van der Waals surface area contributed by atoms with E-state index in [1.807, 2.05) is 0 Å². The van der Waals surface area contributed by atoms with Crippen molar-refractivity contribution in [3.05, 3.63) is 0 Å². The van der Waals surface area contributed by atoms with Crippen LogP contribution in [-0.4, -0.2) is 12.7 Å². The fourth-order valence-electron chi connectivity index (χ4n) is 2.41. The largest absolute Gasteiger partial charge is 0.378 e. The van der Waals surface area contributed by atoms with Crippen molar-refractivity contribution in [2.45, 2.75) is 32.8 Å². The summed E-state index contributed by atoms with van der Waals surface area (Å²) in [5.41, 5.74) is 0. The Morgan fingerprint density at radius 1 is 1.40 bits per heavy atom. The molecule has 1 aliphatic carbocycles. The van der Waals surface area contributed by atoms with E-state index in [4.69, 9.17) is 4.74 Å². The molecule has 2 fully saturated rings. The summed E-state index contributed by atoms with van der Waals surface area (Å²) in [5, 5.41) is 0. The van der Waals surface area contributed by atoms with Crippen LogP contribution in [0.25, 0.3) is 0 Å². The first-order valence-electron chi connectivity index (χ1n) is 4.40. The highest BCUT2D eigenvalue weighted by molar-refractivity contribution is 4.94. The Bertz CT molecular complexity index is 131. The molecule has 0 N–H and O–H groups in total. The van der Waals surface area contributed by atoms with Crippen LogP contribution in [0.4, 0.5) is 0 Å². The van der Waals surface area contributed by atoms with Crippen LogP contribution in [0.5, 0.6) is 0 Å². The Morgan fingerprint density at radius 2 is 2.20 bits per heavy atom. The van der Waals surface area contributed by atoms with Crippen molar-refractivity contribution in [3.63, 3.8) is 0 Å². The van der Waals surface area contributed by atoms with Gasteiger partial charge in [0.25, 0.3) is 0 Å². The van der Waals surface area contributed by atoms with E-state index in [-0.39, 0.29) is 0 Å². The van der Waals surface area contributed by atoms with Gasteiger partial charge in [-0.25, -0.2) is 0 Å². The zero-order valence-electron chi connectivity index (χ0n) is 6.84. The van der Waals surface area contributed by atoms with Gasteiger partial charge in [-0.2, -0.15) is 0 Å². The SMILES string of the molecule is CC(C)[C@@H]1C[C@H]2OCC[C@H]21. The van der Waals surface area contributed by atoms with E-state index in [2.05, 4.69) is 13.8 Å². The highest BCUT2D eigenvalue weighted by Crippen LogP contribution is 2.46. The lowest BCUT2D eigenvalue weighted by Gasteiger charge is -2.41. The van der Waals surface area contributed by atoms with Crippen LogP contribution in [0.15, 0.2) is 0 Å². The lowest BCUT2D eigenvalue weighted by molar-refractivity contribution is -0.0297. The number of rotatable bonds is 1. The molecule has 10 heavy (non-hydrogen) atoms. The Hall–Kier alpha value is -0.0400. The van der Waals surface area contributed by atoms with E-state index in [9.17, 15) is 0 Å². The number of fused-ring (bicyclic) bond motifs is 1. The lowest BCUT2D eigenvalue weighted by atomic mass is 9.66. The maximum Gasteiger partial charge on any atom is 0.0609 e. The van der Waals surface area contributed by atoms with Crippen LogP contribution >= 0.6 is 0 Å². The summed E-state index contributed by atoms with van der Waals surface area (Å²) in [6.07, 6.45) is 3.32. The second kappa shape index (κ2) is 2.23. The summed E-state index contributed by atoms with van der Waals surface area (Å²) in [7, 11) is 0. The molecule has 3 atom stereocenters. The average molecular weight is 140 g/mol. The molecule has 0 amide bonds. The summed E-state index contributed by atoms with van der Waals surface area (Å²) in [5.74, 6) is 2.79. The second-order valence-corrected chi connectivity index (χ2v) is 4.01. The van der Waals surface area contributed by atoms with Crippen LogP contribution in [0, 0.1) is 17.8 Å². The number of ether oxygens (including phenoxy) is 1. The topological polar surface area (TPSA) is 9.23 Å². The number of hydrogen-bond donors (Lipinski definition) is 0. The van der Waals surface area contributed by atoms with Crippen molar-refractivity contribution in [2.24, 2.45) is 17.8 Å². The van der Waals surface area contributed by atoms with Gasteiger partial charge in [0.1, 0.15) is 0 Å². The third kappa shape index (κ3) is 0.800. The molecule has 58 valence electrons. The molecule has 1 heteroatoms. The van der Waals surface area contributed by atoms with E-state index in [1.165, 1.54) is 12.8 Å². The minimum absolute atomic E-state index is 0.660. The first kappa shape index (κ1) is 6.66. The standard InChI is InChI=1S/C9H16O/c1-6(2)8-5-9-7(8)3-4-10-9/h6-9H,3-5H2,1-2H3/t7-,8-,9+/m0/s1. The molecule has 2 aliphatic rings. The Labute approximate surface area is 62.8 Å². The molecule has 0 aromatic heterocycles. The smallest absolute Gasteiger partial charge is 0.0609 e. The van der Waals surface area contributed by atoms with E-state index in [0.29, 0.717) is 6.10 Å². The second-order valence-electron chi connectivity index (χ2n) is 4.01. The van der Waals surface area contributed by atoms with Gasteiger partial charge in [0.15, 0.2) is 0 Å². The molecule has 1 aliphatic heterocycles. The monoisotopic (exact) mass is 140 g/mol. The first-order chi connectivity index (χ1) is 4.79. The fraction of sp³-hybridized carbons (Fsp3) is 1.00. The van der Waals surface area contributed by atoms with Gasteiger partial charge < -0.3 is 4.74 Å². The predicted molar refractivity (Wildman–Crippen MR) is 40.8 cm³/mol. The van der Waals surface area contributed by atoms with Crippen LogP contribution in [0.2, 0.25) is 0 Å². The first-order valence-corrected chi connectivity index (χ1v) is 4.40. The maximum absolute atomic E-state index is 5.53. The van der Waals surface area contributed by atoms with Crippen molar-refractivity contribution in [1.82, 2.24) is 0 Å². The van der Waals surface area contributed by atoms with Gasteiger partial charge in [0.2, 0.25) is 0 Å². The van der Waals surface area contributed by atoms with Gasteiger partial charge in [0.05, 0.1) is 6.10 Å². The van der Waals surface area contributed by atoms with E-state index in [0.717, 1.165) is 24.4 Å². The summed E-state index contributed by atoms with van der Waals surface area (Å²) in [6.45, 7) is 5.69.